The normalized spacial score (nSPS) is 11.7. The Labute approximate surface area is 286 Å². The highest BCUT2D eigenvalue weighted by Crippen LogP contribution is 2.12. The number of carbonyl (C=O) groups is 2. The molecule has 0 saturated heterocycles. The molecule has 0 aromatic rings. The molecule has 0 atom stereocenters. The summed E-state index contributed by atoms with van der Waals surface area (Å²) in [6, 6.07) is 0. The lowest BCUT2D eigenvalue weighted by Crippen LogP contribution is -1.93. The molecular weight excluding hydrogens is 568 g/mol. The minimum Gasteiger partial charge on any atom is -0.481 e. The Hall–Kier alpha value is -2.10. The van der Waals surface area contributed by atoms with Crippen LogP contribution < -0.4 is 0 Å². The summed E-state index contributed by atoms with van der Waals surface area (Å²) in [7, 11) is 0. The third kappa shape index (κ3) is 48.8. The average molecular weight is 645 g/mol. The van der Waals surface area contributed by atoms with E-state index in [-0.39, 0.29) is 6.42 Å². The Balaban J connectivity index is 0. The number of aliphatic carboxylic acids is 2. The molecule has 0 aromatic heterocycles. The quantitative estimate of drug-likeness (QED) is 0.0540. The van der Waals surface area contributed by atoms with Gasteiger partial charge < -0.3 is 10.2 Å². The van der Waals surface area contributed by atoms with E-state index in [0.29, 0.717) is 6.42 Å². The zero-order valence-electron chi connectivity index (χ0n) is 30.5. The zero-order chi connectivity index (χ0) is 34.0. The molecule has 0 amide bonds. The van der Waals surface area contributed by atoms with Gasteiger partial charge in [-0.1, -0.05) is 172 Å². The van der Waals surface area contributed by atoms with Gasteiger partial charge in [-0.25, -0.2) is 0 Å². The maximum absolute atomic E-state index is 10.4. The van der Waals surface area contributed by atoms with Crippen LogP contribution in [-0.4, -0.2) is 22.2 Å². The van der Waals surface area contributed by atoms with Crippen LogP contribution in [0.5, 0.6) is 0 Å². The lowest BCUT2D eigenvalue weighted by atomic mass is 10.1. The Bertz CT molecular complexity index is 734. The molecule has 46 heavy (non-hydrogen) atoms. The number of allylic oxidation sites excluding steroid dienone is 8. The monoisotopic (exact) mass is 645 g/mol. The number of unbranched alkanes of at least 4 members (excludes halogenated alkanes) is 22. The van der Waals surface area contributed by atoms with Crippen molar-refractivity contribution >= 4 is 11.9 Å². The maximum atomic E-state index is 10.4. The third-order valence-corrected chi connectivity index (χ3v) is 8.18. The molecule has 0 bridgehead atoms. The lowest BCUT2D eigenvalue weighted by molar-refractivity contribution is -0.138. The second-order valence-electron chi connectivity index (χ2n) is 12.9. The summed E-state index contributed by atoms with van der Waals surface area (Å²) in [5, 5.41) is 17.0. The minimum absolute atomic E-state index is 0.267. The van der Waals surface area contributed by atoms with Crippen molar-refractivity contribution in [2.24, 2.45) is 0 Å². The summed E-state index contributed by atoms with van der Waals surface area (Å²) < 4.78 is 0. The number of carboxylic acids is 2. The van der Waals surface area contributed by atoms with Gasteiger partial charge in [0.15, 0.2) is 0 Å². The minimum atomic E-state index is -0.707. The highest BCUT2D eigenvalue weighted by molar-refractivity contribution is 5.66. The van der Waals surface area contributed by atoms with E-state index in [4.69, 9.17) is 10.2 Å². The van der Waals surface area contributed by atoms with E-state index < -0.39 is 11.9 Å². The molecule has 0 unspecified atom stereocenters. The van der Waals surface area contributed by atoms with Crippen LogP contribution in [0.2, 0.25) is 0 Å². The molecule has 0 heterocycles. The fourth-order valence-corrected chi connectivity index (χ4v) is 5.25. The first-order valence-electron chi connectivity index (χ1n) is 19.6. The summed E-state index contributed by atoms with van der Waals surface area (Å²) in [4.78, 5) is 20.7. The van der Waals surface area contributed by atoms with Crippen LogP contribution in [0.4, 0.5) is 0 Å². The number of hydrogen-bond donors (Lipinski definition) is 2. The van der Waals surface area contributed by atoms with Crippen molar-refractivity contribution in [2.45, 2.75) is 206 Å². The number of rotatable bonds is 34. The summed E-state index contributed by atoms with van der Waals surface area (Å²) in [6.45, 7) is 4.53. The van der Waals surface area contributed by atoms with Gasteiger partial charge in [-0.15, -0.1) is 0 Å². The van der Waals surface area contributed by atoms with Crippen LogP contribution >= 0.6 is 0 Å². The second-order valence-corrected chi connectivity index (χ2v) is 12.9. The molecular formula is C42H76O4. The van der Waals surface area contributed by atoms with E-state index in [1.165, 1.54) is 141 Å². The molecule has 0 aliphatic heterocycles. The number of hydrogen-bond acceptors (Lipinski definition) is 2. The van der Waals surface area contributed by atoms with Crippen LogP contribution in [0, 0.1) is 0 Å². The van der Waals surface area contributed by atoms with Crippen molar-refractivity contribution in [3.63, 3.8) is 0 Å². The van der Waals surface area contributed by atoms with Crippen LogP contribution in [0.1, 0.15) is 206 Å². The van der Waals surface area contributed by atoms with Crippen LogP contribution in [0.25, 0.3) is 0 Å². The summed E-state index contributed by atoms with van der Waals surface area (Å²) in [5.41, 5.74) is 0. The lowest BCUT2D eigenvalue weighted by Gasteiger charge is -2.01. The van der Waals surface area contributed by atoms with Gasteiger partial charge in [-0.2, -0.15) is 0 Å². The molecule has 4 heteroatoms. The molecule has 0 spiro atoms. The molecule has 4 nitrogen and oxygen atoms in total. The van der Waals surface area contributed by atoms with E-state index in [1.807, 2.05) is 0 Å². The molecule has 0 fully saturated rings. The van der Waals surface area contributed by atoms with Crippen LogP contribution in [0.3, 0.4) is 0 Å². The third-order valence-electron chi connectivity index (χ3n) is 8.18. The molecule has 0 saturated carbocycles. The molecule has 0 aromatic carbocycles. The highest BCUT2D eigenvalue weighted by atomic mass is 16.4. The molecule has 0 aliphatic rings. The van der Waals surface area contributed by atoms with Crippen molar-refractivity contribution in [1.29, 1.82) is 0 Å². The van der Waals surface area contributed by atoms with Gasteiger partial charge in [-0.3, -0.25) is 9.59 Å². The second kappa shape index (κ2) is 42.9. The Kier molecular flexibility index (Phi) is 42.9. The first-order chi connectivity index (χ1) is 22.5. The molecule has 0 aliphatic carbocycles. The smallest absolute Gasteiger partial charge is 0.303 e. The van der Waals surface area contributed by atoms with E-state index in [2.05, 4.69) is 62.5 Å². The highest BCUT2D eigenvalue weighted by Gasteiger charge is 1.97. The fraction of sp³-hybridized carbons (Fsp3) is 0.762. The van der Waals surface area contributed by atoms with E-state index in [1.54, 1.807) is 0 Å². The van der Waals surface area contributed by atoms with Gasteiger partial charge in [0.05, 0.1) is 0 Å². The molecule has 2 N–H and O–H groups in total. The van der Waals surface area contributed by atoms with Gasteiger partial charge in [0.2, 0.25) is 0 Å². The average Bonchev–Trinajstić information content (AvgIpc) is 3.03. The van der Waals surface area contributed by atoms with Gasteiger partial charge in [0.1, 0.15) is 0 Å². The largest absolute Gasteiger partial charge is 0.481 e. The van der Waals surface area contributed by atoms with Gasteiger partial charge >= 0.3 is 11.9 Å². The standard InChI is InChI=1S/C22H42O2.C20H34O2/c1-2-3-4-5-6-7-8-9-10-11-12-13-14-15-16-17-18-19-20-21-22(23)24;1-2-3-4-5-6-7-8-9-10-11-12-13-14-15-16-17-18-19-20(21)22/h9-10H,2-8,11-21H2,1H3,(H,23,24);9-10,12-13,15-16H,2-8,11,14,17-19H2,1H3,(H,21,22)/b10-9-;10-9+,13-12+,16-15+. The topological polar surface area (TPSA) is 74.6 Å². The van der Waals surface area contributed by atoms with Crippen molar-refractivity contribution in [1.82, 2.24) is 0 Å². The summed E-state index contributed by atoms with van der Waals surface area (Å²) in [5.74, 6) is -1.36. The van der Waals surface area contributed by atoms with Crippen molar-refractivity contribution in [2.75, 3.05) is 0 Å². The van der Waals surface area contributed by atoms with E-state index in [0.717, 1.165) is 38.5 Å². The van der Waals surface area contributed by atoms with Gasteiger partial charge in [0, 0.05) is 12.8 Å². The molecule has 0 rings (SSSR count). The van der Waals surface area contributed by atoms with Crippen LogP contribution in [0.15, 0.2) is 48.6 Å². The Morgan fingerprint density at radius 2 is 0.609 bits per heavy atom. The van der Waals surface area contributed by atoms with E-state index >= 15 is 0 Å². The Morgan fingerprint density at radius 3 is 0.978 bits per heavy atom. The van der Waals surface area contributed by atoms with E-state index in [9.17, 15) is 9.59 Å². The predicted molar refractivity (Wildman–Crippen MR) is 202 cm³/mol. The Morgan fingerprint density at radius 1 is 0.348 bits per heavy atom. The first-order valence-corrected chi connectivity index (χ1v) is 19.6. The van der Waals surface area contributed by atoms with Gasteiger partial charge in [0.25, 0.3) is 0 Å². The molecule has 268 valence electrons. The zero-order valence-corrected chi connectivity index (χ0v) is 30.5. The first kappa shape index (κ1) is 46.0. The molecule has 0 radical (unpaired) electrons. The van der Waals surface area contributed by atoms with Gasteiger partial charge in [-0.05, 0) is 70.6 Å². The predicted octanol–water partition coefficient (Wildman–Crippen LogP) is 14.1. The van der Waals surface area contributed by atoms with Crippen molar-refractivity contribution in [3.05, 3.63) is 48.6 Å². The van der Waals surface area contributed by atoms with Crippen molar-refractivity contribution in [3.8, 4) is 0 Å². The number of carboxylic acid groups (broad SMARTS) is 2. The fourth-order valence-electron chi connectivity index (χ4n) is 5.25. The van der Waals surface area contributed by atoms with Crippen LogP contribution in [-0.2, 0) is 9.59 Å². The maximum Gasteiger partial charge on any atom is 0.303 e. The summed E-state index contributed by atoms with van der Waals surface area (Å²) >= 11 is 0. The van der Waals surface area contributed by atoms with Crippen molar-refractivity contribution < 1.29 is 19.8 Å². The SMILES string of the molecule is CCCCCCCC/C=C/C/C=C/C/C=C/CCCC(=O)O.CCCCCCCC/C=C\CCCCCCCCCCCC(=O)O. The summed E-state index contributed by atoms with van der Waals surface area (Å²) in [6.07, 6.45) is 53.4.